The molecule has 6 heteroatoms. The summed E-state index contributed by atoms with van der Waals surface area (Å²) in [5.74, 6) is -0.532. The Morgan fingerprint density at radius 1 is 1.11 bits per heavy atom. The molecule has 0 saturated carbocycles. The van der Waals surface area contributed by atoms with E-state index in [2.05, 4.69) is 18.2 Å². The third-order valence-electron chi connectivity index (χ3n) is 8.22. The number of ether oxygens (including phenoxy) is 2. The van der Waals surface area contributed by atoms with Crippen molar-refractivity contribution in [1.29, 1.82) is 0 Å². The number of likely N-dealkylation sites (tertiary alicyclic amines) is 1. The van der Waals surface area contributed by atoms with Gasteiger partial charge < -0.3 is 14.6 Å². The molecule has 0 spiro atoms. The van der Waals surface area contributed by atoms with Gasteiger partial charge in [-0.25, -0.2) is 0 Å². The highest BCUT2D eigenvalue weighted by Crippen LogP contribution is 2.49. The van der Waals surface area contributed by atoms with Gasteiger partial charge in [-0.1, -0.05) is 36.4 Å². The Bertz CT molecular complexity index is 1250. The number of phenolic OH excluding ortho intramolecular Hbond substituents is 1. The molecule has 0 unspecified atom stereocenters. The van der Waals surface area contributed by atoms with E-state index in [4.69, 9.17) is 9.47 Å². The highest BCUT2D eigenvalue weighted by atomic mass is 16.5. The fourth-order valence-electron chi connectivity index (χ4n) is 6.45. The van der Waals surface area contributed by atoms with Crippen LogP contribution in [0, 0.1) is 31.6 Å². The largest absolute Gasteiger partial charge is 0.507 e. The Labute approximate surface area is 218 Å². The minimum absolute atomic E-state index is 0.0677. The van der Waals surface area contributed by atoms with Crippen LogP contribution in [0.4, 0.5) is 0 Å². The lowest BCUT2D eigenvalue weighted by atomic mass is 9.69. The van der Waals surface area contributed by atoms with E-state index in [0.717, 1.165) is 40.7 Å². The standard InChI is InChI=1S/C31H35NO5/c1-18-12-20(13-19(2)29(18)33)14-22(21-8-6-5-7-9-21)10-11-26-27-23(16-36-4)15-24-28(25(27)17-37-26)31(35)32(3)30(24)34/h5-9,12-14,24-26,28,33H,10-11,15-17H2,1-4H3/b22-14-/t24-,25+,26-,28-/m1/s1. The highest BCUT2D eigenvalue weighted by molar-refractivity contribution is 6.05. The van der Waals surface area contributed by atoms with Crippen molar-refractivity contribution in [3.05, 3.63) is 75.9 Å². The van der Waals surface area contributed by atoms with Crippen molar-refractivity contribution in [2.75, 3.05) is 27.4 Å². The number of hydrogen-bond donors (Lipinski definition) is 1. The minimum Gasteiger partial charge on any atom is -0.507 e. The molecule has 2 amide bonds. The summed E-state index contributed by atoms with van der Waals surface area (Å²) in [6.45, 7) is 4.75. The molecule has 1 aliphatic carbocycles. The van der Waals surface area contributed by atoms with Crippen molar-refractivity contribution in [3.63, 3.8) is 0 Å². The second kappa shape index (κ2) is 10.3. The summed E-state index contributed by atoms with van der Waals surface area (Å²) in [6.07, 6.45) is 4.19. The molecule has 0 aromatic heterocycles. The molecule has 0 radical (unpaired) electrons. The third kappa shape index (κ3) is 4.64. The predicted octanol–water partition coefficient (Wildman–Crippen LogP) is 4.92. The Balaban J connectivity index is 1.45. The number of aryl methyl sites for hydroxylation is 2. The van der Waals surface area contributed by atoms with Crippen molar-refractivity contribution < 1.29 is 24.2 Å². The molecule has 6 nitrogen and oxygen atoms in total. The normalized spacial score (nSPS) is 25.6. The molecule has 37 heavy (non-hydrogen) atoms. The molecule has 2 fully saturated rings. The van der Waals surface area contributed by atoms with E-state index in [1.807, 2.05) is 44.2 Å². The fraction of sp³-hybridized carbons (Fsp3) is 0.419. The molecule has 2 aliphatic heterocycles. The van der Waals surface area contributed by atoms with Crippen LogP contribution in [0.1, 0.15) is 41.5 Å². The van der Waals surface area contributed by atoms with Crippen LogP contribution in [0.2, 0.25) is 0 Å². The third-order valence-corrected chi connectivity index (χ3v) is 8.22. The first-order valence-corrected chi connectivity index (χ1v) is 13.0. The summed E-state index contributed by atoms with van der Waals surface area (Å²) in [5.41, 5.74) is 7.38. The van der Waals surface area contributed by atoms with Crippen LogP contribution < -0.4 is 0 Å². The number of benzene rings is 2. The molecule has 194 valence electrons. The first-order valence-electron chi connectivity index (χ1n) is 13.0. The number of rotatable bonds is 7. The molecule has 3 aliphatic rings. The Morgan fingerprint density at radius 3 is 2.49 bits per heavy atom. The molecule has 2 aromatic carbocycles. The lowest BCUT2D eigenvalue weighted by Gasteiger charge is -2.31. The number of phenols is 1. The zero-order chi connectivity index (χ0) is 26.3. The van der Waals surface area contributed by atoms with Gasteiger partial charge in [-0.2, -0.15) is 0 Å². The van der Waals surface area contributed by atoms with Crippen molar-refractivity contribution in [2.24, 2.45) is 17.8 Å². The summed E-state index contributed by atoms with van der Waals surface area (Å²) in [6, 6.07) is 14.3. The van der Waals surface area contributed by atoms with E-state index in [1.165, 1.54) is 16.0 Å². The number of fused-ring (bicyclic) bond motifs is 3. The second-order valence-corrected chi connectivity index (χ2v) is 10.6. The first kappa shape index (κ1) is 25.4. The molecule has 2 aromatic rings. The monoisotopic (exact) mass is 501 g/mol. The number of carbonyl (C=O) groups excluding carboxylic acids is 2. The van der Waals surface area contributed by atoms with Crippen molar-refractivity contribution in [2.45, 2.75) is 39.2 Å². The van der Waals surface area contributed by atoms with Crippen LogP contribution >= 0.6 is 0 Å². The summed E-state index contributed by atoms with van der Waals surface area (Å²) in [7, 11) is 3.26. The van der Waals surface area contributed by atoms with Crippen LogP contribution in [0.15, 0.2) is 53.6 Å². The molecular weight excluding hydrogens is 466 g/mol. The van der Waals surface area contributed by atoms with Crippen LogP contribution in [-0.2, 0) is 19.1 Å². The maximum atomic E-state index is 13.0. The number of amides is 2. The summed E-state index contributed by atoms with van der Waals surface area (Å²) >= 11 is 0. The van der Waals surface area contributed by atoms with E-state index in [0.29, 0.717) is 25.4 Å². The Morgan fingerprint density at radius 2 is 1.81 bits per heavy atom. The van der Waals surface area contributed by atoms with Gasteiger partial charge in [-0.05, 0) is 84.2 Å². The molecule has 1 N–H and O–H groups in total. The van der Waals surface area contributed by atoms with E-state index in [-0.39, 0.29) is 35.7 Å². The predicted molar refractivity (Wildman–Crippen MR) is 143 cm³/mol. The topological polar surface area (TPSA) is 76.1 Å². The number of aromatic hydroxyl groups is 1. The molecule has 4 atom stereocenters. The zero-order valence-electron chi connectivity index (χ0n) is 22.0. The van der Waals surface area contributed by atoms with Gasteiger partial charge in [0.15, 0.2) is 0 Å². The fourth-order valence-corrected chi connectivity index (χ4v) is 6.45. The minimum atomic E-state index is -0.329. The van der Waals surface area contributed by atoms with Crippen LogP contribution in [0.25, 0.3) is 11.6 Å². The highest BCUT2D eigenvalue weighted by Gasteiger charge is 2.56. The number of hydrogen-bond acceptors (Lipinski definition) is 5. The second-order valence-electron chi connectivity index (χ2n) is 10.6. The summed E-state index contributed by atoms with van der Waals surface area (Å²) in [5, 5.41) is 10.2. The molecular formula is C31H35NO5. The number of methoxy groups -OCH3 is 1. The van der Waals surface area contributed by atoms with Crippen LogP contribution in [0.3, 0.4) is 0 Å². The SMILES string of the molecule is COCC1=C2[C@@H](CC/C(=C/c3cc(C)c(O)c(C)c3)c3ccccc3)OC[C@@H]2[C@@H]2C(=O)N(C)C(=O)[C@@H]2C1. The molecule has 2 saturated heterocycles. The summed E-state index contributed by atoms with van der Waals surface area (Å²) in [4.78, 5) is 27.0. The van der Waals surface area contributed by atoms with Gasteiger partial charge >= 0.3 is 0 Å². The van der Waals surface area contributed by atoms with Crippen molar-refractivity contribution in [3.8, 4) is 5.75 Å². The maximum Gasteiger partial charge on any atom is 0.233 e. The number of nitrogens with zero attached hydrogens (tertiary/aromatic N) is 1. The lowest BCUT2D eigenvalue weighted by molar-refractivity contribution is -0.138. The van der Waals surface area contributed by atoms with E-state index >= 15 is 0 Å². The van der Waals surface area contributed by atoms with Gasteiger partial charge in [-0.3, -0.25) is 14.5 Å². The number of carbonyl (C=O) groups is 2. The smallest absolute Gasteiger partial charge is 0.233 e. The Hall–Kier alpha value is -3.22. The summed E-state index contributed by atoms with van der Waals surface area (Å²) < 4.78 is 11.9. The van der Waals surface area contributed by atoms with Gasteiger partial charge in [0, 0.05) is 20.1 Å². The van der Waals surface area contributed by atoms with Crippen molar-refractivity contribution in [1.82, 2.24) is 4.90 Å². The average Bonchev–Trinajstić information content (AvgIpc) is 3.41. The zero-order valence-corrected chi connectivity index (χ0v) is 22.0. The van der Waals surface area contributed by atoms with Gasteiger partial charge in [-0.15, -0.1) is 0 Å². The van der Waals surface area contributed by atoms with Gasteiger partial charge in [0.25, 0.3) is 0 Å². The van der Waals surface area contributed by atoms with E-state index < -0.39 is 0 Å². The van der Waals surface area contributed by atoms with Gasteiger partial charge in [0.1, 0.15) is 5.75 Å². The Kier molecular flexibility index (Phi) is 7.06. The average molecular weight is 502 g/mol. The maximum absolute atomic E-state index is 13.0. The van der Waals surface area contributed by atoms with Gasteiger partial charge in [0.2, 0.25) is 11.8 Å². The van der Waals surface area contributed by atoms with Gasteiger partial charge in [0.05, 0.1) is 31.2 Å². The van der Waals surface area contributed by atoms with Crippen LogP contribution in [0.5, 0.6) is 5.75 Å². The van der Waals surface area contributed by atoms with E-state index in [9.17, 15) is 14.7 Å². The van der Waals surface area contributed by atoms with E-state index in [1.54, 1.807) is 14.2 Å². The quantitative estimate of drug-likeness (QED) is 0.331. The first-order chi connectivity index (χ1) is 17.8. The van der Waals surface area contributed by atoms with Crippen molar-refractivity contribution >= 4 is 23.5 Å². The number of imide groups is 1. The molecule has 0 bridgehead atoms. The molecule has 2 heterocycles. The van der Waals surface area contributed by atoms with Crippen LogP contribution in [-0.4, -0.2) is 55.3 Å². The molecule has 5 rings (SSSR count). The number of allylic oxidation sites excluding steroid dienone is 1. The lowest BCUT2D eigenvalue weighted by Crippen LogP contribution is -2.34.